The van der Waals surface area contributed by atoms with E-state index in [2.05, 4.69) is 4.72 Å². The fourth-order valence-electron chi connectivity index (χ4n) is 1.73. The van der Waals surface area contributed by atoms with Crippen molar-refractivity contribution in [3.05, 3.63) is 45.6 Å². The second-order valence-electron chi connectivity index (χ2n) is 4.30. The fraction of sp³-hybridized carbons (Fsp3) is 0.154. The lowest BCUT2D eigenvalue weighted by atomic mass is 10.2. The lowest BCUT2D eigenvalue weighted by molar-refractivity contribution is 0.0702. The van der Waals surface area contributed by atoms with Crippen LogP contribution >= 0.6 is 11.3 Å². The molecule has 0 amide bonds. The summed E-state index contributed by atoms with van der Waals surface area (Å²) in [6.07, 6.45) is 0. The molecule has 0 aliphatic rings. The Bertz CT molecular complexity index is 762. The van der Waals surface area contributed by atoms with Crippen LogP contribution in [-0.4, -0.2) is 24.6 Å². The lowest BCUT2D eigenvalue weighted by Gasteiger charge is -2.08. The van der Waals surface area contributed by atoms with Gasteiger partial charge in [-0.3, -0.25) is 4.72 Å². The number of benzene rings is 1. The standard InChI is InChI=1S/C13H13NO5S2/c1-8-12(6-11(20-8)13(16)17)21(18,19)14-10-4-2-9(7-15)3-5-10/h2-6,14-15H,7H2,1H3,(H,16,17). The first-order valence-electron chi connectivity index (χ1n) is 5.90. The zero-order valence-electron chi connectivity index (χ0n) is 11.0. The average Bonchev–Trinajstić information content (AvgIpc) is 2.82. The van der Waals surface area contributed by atoms with Crippen molar-refractivity contribution >= 4 is 33.0 Å². The molecule has 0 spiro atoms. The Hall–Kier alpha value is -1.90. The highest BCUT2D eigenvalue weighted by Gasteiger charge is 2.22. The molecule has 0 aliphatic carbocycles. The third-order valence-electron chi connectivity index (χ3n) is 2.76. The van der Waals surface area contributed by atoms with Crippen LogP contribution in [0.4, 0.5) is 5.69 Å². The summed E-state index contributed by atoms with van der Waals surface area (Å²) >= 11 is 0.914. The van der Waals surface area contributed by atoms with Crippen molar-refractivity contribution in [2.24, 2.45) is 0 Å². The van der Waals surface area contributed by atoms with Crippen molar-refractivity contribution in [2.45, 2.75) is 18.4 Å². The van der Waals surface area contributed by atoms with Crippen LogP contribution in [0.1, 0.15) is 20.1 Å². The van der Waals surface area contributed by atoms with E-state index in [1.165, 1.54) is 12.1 Å². The van der Waals surface area contributed by atoms with E-state index in [9.17, 15) is 13.2 Å². The van der Waals surface area contributed by atoms with Crippen LogP contribution in [0.3, 0.4) is 0 Å². The van der Waals surface area contributed by atoms with E-state index in [4.69, 9.17) is 10.2 Å². The van der Waals surface area contributed by atoms with E-state index < -0.39 is 16.0 Å². The van der Waals surface area contributed by atoms with Crippen LogP contribution in [0.15, 0.2) is 35.2 Å². The third kappa shape index (κ3) is 3.41. The summed E-state index contributed by atoms with van der Waals surface area (Å²) < 4.78 is 26.9. The van der Waals surface area contributed by atoms with Crippen molar-refractivity contribution in [3.63, 3.8) is 0 Å². The molecule has 1 aromatic carbocycles. The topological polar surface area (TPSA) is 104 Å². The SMILES string of the molecule is Cc1sc(C(=O)O)cc1S(=O)(=O)Nc1ccc(CO)cc1. The van der Waals surface area contributed by atoms with Gasteiger partial charge in [0.25, 0.3) is 10.0 Å². The fourth-order valence-corrected chi connectivity index (χ4v) is 4.22. The van der Waals surface area contributed by atoms with Gasteiger partial charge < -0.3 is 10.2 Å². The molecule has 8 heteroatoms. The number of nitrogens with one attached hydrogen (secondary N) is 1. The van der Waals surface area contributed by atoms with Crippen molar-refractivity contribution in [1.29, 1.82) is 0 Å². The van der Waals surface area contributed by atoms with Gasteiger partial charge in [0, 0.05) is 10.6 Å². The molecule has 2 aromatic rings. The number of hydrogen-bond acceptors (Lipinski definition) is 5. The van der Waals surface area contributed by atoms with Gasteiger partial charge in [-0.2, -0.15) is 0 Å². The predicted molar refractivity (Wildman–Crippen MR) is 79.2 cm³/mol. The summed E-state index contributed by atoms with van der Waals surface area (Å²) in [6, 6.07) is 7.40. The second kappa shape index (κ2) is 5.84. The van der Waals surface area contributed by atoms with E-state index in [0.717, 1.165) is 17.4 Å². The quantitative estimate of drug-likeness (QED) is 0.780. The van der Waals surface area contributed by atoms with E-state index in [0.29, 0.717) is 16.1 Å². The molecule has 0 radical (unpaired) electrons. The molecule has 0 aliphatic heterocycles. The molecule has 112 valence electrons. The molecule has 1 heterocycles. The van der Waals surface area contributed by atoms with Gasteiger partial charge in [-0.1, -0.05) is 12.1 Å². The summed E-state index contributed by atoms with van der Waals surface area (Å²) in [7, 11) is -3.84. The maximum atomic E-state index is 12.3. The molecule has 1 aromatic heterocycles. The van der Waals surface area contributed by atoms with Crippen LogP contribution in [0.5, 0.6) is 0 Å². The Balaban J connectivity index is 2.31. The number of rotatable bonds is 5. The van der Waals surface area contributed by atoms with Gasteiger partial charge in [0.05, 0.1) is 6.61 Å². The largest absolute Gasteiger partial charge is 0.477 e. The monoisotopic (exact) mass is 327 g/mol. The predicted octanol–water partition coefficient (Wildman–Crippen LogP) is 2.05. The normalized spacial score (nSPS) is 11.3. The number of aromatic carboxylic acids is 1. The number of anilines is 1. The summed E-state index contributed by atoms with van der Waals surface area (Å²) in [4.78, 5) is 11.2. The number of hydrogen-bond donors (Lipinski definition) is 3. The highest BCUT2D eigenvalue weighted by molar-refractivity contribution is 7.93. The number of carboxylic acid groups (broad SMARTS) is 1. The summed E-state index contributed by atoms with van der Waals surface area (Å²) in [5.41, 5.74) is 1.01. The number of thiophene rings is 1. The number of sulfonamides is 1. The first-order valence-corrected chi connectivity index (χ1v) is 8.20. The molecule has 0 saturated carbocycles. The van der Waals surface area contributed by atoms with E-state index in [-0.39, 0.29) is 16.4 Å². The Morgan fingerprint density at radius 3 is 2.38 bits per heavy atom. The molecular weight excluding hydrogens is 314 g/mol. The molecule has 3 N–H and O–H groups in total. The third-order valence-corrected chi connectivity index (χ3v) is 5.44. The summed E-state index contributed by atoms with van der Waals surface area (Å²) in [5.74, 6) is -1.16. The van der Waals surface area contributed by atoms with Crippen LogP contribution in [0.25, 0.3) is 0 Å². The van der Waals surface area contributed by atoms with Gasteiger partial charge >= 0.3 is 5.97 Å². The Kier molecular flexibility index (Phi) is 4.31. The maximum absolute atomic E-state index is 12.3. The molecule has 0 fully saturated rings. The molecule has 0 unspecified atom stereocenters. The smallest absolute Gasteiger partial charge is 0.345 e. The number of carboxylic acids is 1. The van der Waals surface area contributed by atoms with Gasteiger partial charge in [-0.25, -0.2) is 13.2 Å². The minimum Gasteiger partial charge on any atom is -0.477 e. The number of aliphatic hydroxyl groups excluding tert-OH is 1. The number of aryl methyl sites for hydroxylation is 1. The number of carbonyl (C=O) groups is 1. The molecular formula is C13H13NO5S2. The zero-order valence-corrected chi connectivity index (χ0v) is 12.7. The van der Waals surface area contributed by atoms with Crippen molar-refractivity contribution in [2.75, 3.05) is 4.72 Å². The molecule has 6 nitrogen and oxygen atoms in total. The molecule has 21 heavy (non-hydrogen) atoms. The molecule has 2 rings (SSSR count). The van der Waals surface area contributed by atoms with E-state index in [1.807, 2.05) is 0 Å². The summed E-state index contributed by atoms with van der Waals surface area (Å²) in [6.45, 7) is 1.43. The van der Waals surface area contributed by atoms with Gasteiger partial charge in [-0.05, 0) is 30.7 Å². The van der Waals surface area contributed by atoms with Gasteiger partial charge in [0.2, 0.25) is 0 Å². The Morgan fingerprint density at radius 2 is 1.90 bits per heavy atom. The van der Waals surface area contributed by atoms with Gasteiger partial charge in [0.1, 0.15) is 9.77 Å². The first-order chi connectivity index (χ1) is 9.83. The highest BCUT2D eigenvalue weighted by atomic mass is 32.2. The lowest BCUT2D eigenvalue weighted by Crippen LogP contribution is -2.13. The zero-order chi connectivity index (χ0) is 15.6. The Labute approximate surface area is 125 Å². The summed E-state index contributed by atoms with van der Waals surface area (Å²) in [5, 5.41) is 17.8. The molecule has 0 saturated heterocycles. The maximum Gasteiger partial charge on any atom is 0.345 e. The molecule has 0 bridgehead atoms. The van der Waals surface area contributed by atoms with Crippen LogP contribution < -0.4 is 4.72 Å². The van der Waals surface area contributed by atoms with Crippen molar-refractivity contribution < 1.29 is 23.4 Å². The van der Waals surface area contributed by atoms with Crippen LogP contribution in [0, 0.1) is 6.92 Å². The number of aliphatic hydroxyl groups is 1. The van der Waals surface area contributed by atoms with Crippen molar-refractivity contribution in [3.8, 4) is 0 Å². The van der Waals surface area contributed by atoms with Crippen LogP contribution in [-0.2, 0) is 16.6 Å². The minimum absolute atomic E-state index is 0.0245. The first kappa shape index (κ1) is 15.5. The highest BCUT2D eigenvalue weighted by Crippen LogP contribution is 2.27. The minimum atomic E-state index is -3.84. The van der Waals surface area contributed by atoms with Crippen molar-refractivity contribution in [1.82, 2.24) is 0 Å². The van der Waals surface area contributed by atoms with Crippen LogP contribution in [0.2, 0.25) is 0 Å². The average molecular weight is 327 g/mol. The second-order valence-corrected chi connectivity index (χ2v) is 7.20. The molecule has 0 atom stereocenters. The van der Waals surface area contributed by atoms with E-state index >= 15 is 0 Å². The van der Waals surface area contributed by atoms with Gasteiger partial charge in [-0.15, -0.1) is 11.3 Å². The van der Waals surface area contributed by atoms with E-state index in [1.54, 1.807) is 19.1 Å². The Morgan fingerprint density at radius 1 is 1.29 bits per heavy atom. The van der Waals surface area contributed by atoms with Gasteiger partial charge in [0.15, 0.2) is 0 Å².